The molecule has 3 aliphatic rings. The van der Waals surface area contributed by atoms with Crippen LogP contribution in [0.4, 0.5) is 0 Å². The highest BCUT2D eigenvalue weighted by molar-refractivity contribution is 5.85. The summed E-state index contributed by atoms with van der Waals surface area (Å²) >= 11 is 0. The van der Waals surface area contributed by atoms with Gasteiger partial charge in [-0.25, -0.2) is 0 Å². The van der Waals surface area contributed by atoms with Gasteiger partial charge in [-0.2, -0.15) is 0 Å². The zero-order valence-corrected chi connectivity index (χ0v) is 25.1. The van der Waals surface area contributed by atoms with E-state index in [1.165, 1.54) is 5.57 Å². The molecule has 1 N–H and O–H groups in total. The van der Waals surface area contributed by atoms with E-state index in [1.54, 1.807) is 0 Å². The number of hydrogen-bond donors (Lipinski definition) is 1. The van der Waals surface area contributed by atoms with Gasteiger partial charge >= 0.3 is 5.97 Å². The van der Waals surface area contributed by atoms with Crippen LogP contribution in [0.3, 0.4) is 0 Å². The molecular weight excluding hydrogens is 508 g/mol. The Balaban J connectivity index is 1.79. The topological polar surface area (TPSA) is 91.3 Å². The number of carbonyl (C=O) groups is 2. The molecule has 0 spiro atoms. The number of allylic oxidation sites excluding steroid dienone is 4. The van der Waals surface area contributed by atoms with Gasteiger partial charge in [-0.15, -0.1) is 0 Å². The monoisotopic (exact) mass is 560 g/mol. The summed E-state index contributed by atoms with van der Waals surface area (Å²) in [5.74, 6) is -0.840. The van der Waals surface area contributed by atoms with Gasteiger partial charge in [-0.1, -0.05) is 49.8 Å². The van der Waals surface area contributed by atoms with Crippen molar-refractivity contribution in [2.45, 2.75) is 130 Å². The predicted molar refractivity (Wildman–Crippen MR) is 156 cm³/mol. The lowest BCUT2D eigenvalue weighted by molar-refractivity contribution is -0.197. The Hall–Kier alpha value is -1.80. The van der Waals surface area contributed by atoms with E-state index in [0.29, 0.717) is 32.3 Å². The maximum Gasteiger partial charge on any atom is 0.303 e. The van der Waals surface area contributed by atoms with Gasteiger partial charge in [0.15, 0.2) is 12.6 Å². The summed E-state index contributed by atoms with van der Waals surface area (Å²) in [6.07, 6.45) is 19.1. The van der Waals surface area contributed by atoms with Crippen molar-refractivity contribution in [2.75, 3.05) is 13.2 Å². The molecule has 226 valence electrons. The third-order valence-electron chi connectivity index (χ3n) is 8.24. The van der Waals surface area contributed by atoms with E-state index in [0.717, 1.165) is 51.6 Å². The molecule has 0 aromatic rings. The van der Waals surface area contributed by atoms with Crippen LogP contribution in [0.25, 0.3) is 0 Å². The van der Waals surface area contributed by atoms with Gasteiger partial charge in [0, 0.05) is 37.9 Å². The molecule has 2 saturated heterocycles. The summed E-state index contributed by atoms with van der Waals surface area (Å²) < 4.78 is 24.8. The molecule has 3 rings (SSSR count). The molecule has 1 aliphatic carbocycles. The Kier molecular flexibility index (Phi) is 13.6. The maximum absolute atomic E-state index is 13.3. The van der Waals surface area contributed by atoms with Gasteiger partial charge in [0.2, 0.25) is 0 Å². The molecule has 2 unspecified atom stereocenters. The van der Waals surface area contributed by atoms with Crippen LogP contribution < -0.4 is 0 Å². The van der Waals surface area contributed by atoms with Crippen molar-refractivity contribution in [1.82, 2.24) is 0 Å². The molecule has 2 heterocycles. The molecule has 0 bridgehead atoms. The Morgan fingerprint density at radius 1 is 1.07 bits per heavy atom. The van der Waals surface area contributed by atoms with Crippen LogP contribution in [0.5, 0.6) is 0 Å². The zero-order valence-electron chi connectivity index (χ0n) is 25.1. The molecular formula is C33H52O7. The second-order valence-electron chi connectivity index (χ2n) is 12.5. The van der Waals surface area contributed by atoms with Crippen LogP contribution in [0, 0.1) is 17.3 Å². The number of carboxylic acids is 1. The van der Waals surface area contributed by atoms with E-state index in [2.05, 4.69) is 45.9 Å². The van der Waals surface area contributed by atoms with Crippen LogP contribution in [0.15, 0.2) is 36.0 Å². The van der Waals surface area contributed by atoms with Crippen LogP contribution in [-0.2, 0) is 28.5 Å². The minimum atomic E-state index is -0.780. The number of ketones is 1. The Morgan fingerprint density at radius 3 is 2.40 bits per heavy atom. The molecule has 0 amide bonds. The summed E-state index contributed by atoms with van der Waals surface area (Å²) in [4.78, 5) is 24.1. The first-order valence-electron chi connectivity index (χ1n) is 15.4. The fourth-order valence-corrected chi connectivity index (χ4v) is 5.67. The summed E-state index contributed by atoms with van der Waals surface area (Å²) in [5.41, 5.74) is 1.11. The number of carbonyl (C=O) groups excluding carboxylic acids is 1. The van der Waals surface area contributed by atoms with Gasteiger partial charge in [0.1, 0.15) is 5.78 Å². The number of hydrogen-bond acceptors (Lipinski definition) is 6. The number of rotatable bonds is 15. The van der Waals surface area contributed by atoms with Gasteiger partial charge in [-0.05, 0) is 83.5 Å². The van der Waals surface area contributed by atoms with Gasteiger partial charge in [0.05, 0.1) is 12.2 Å². The fourth-order valence-electron chi connectivity index (χ4n) is 5.67. The minimum Gasteiger partial charge on any atom is -0.481 e. The number of unbranched alkanes of at least 4 members (excludes halogenated alkanes) is 1. The van der Waals surface area contributed by atoms with Crippen molar-refractivity contribution in [3.05, 3.63) is 36.0 Å². The highest BCUT2D eigenvalue weighted by Gasteiger charge is 2.43. The molecule has 7 nitrogen and oxygen atoms in total. The van der Waals surface area contributed by atoms with Crippen LogP contribution in [0.1, 0.15) is 105 Å². The quantitative estimate of drug-likeness (QED) is 0.168. The molecule has 40 heavy (non-hydrogen) atoms. The van der Waals surface area contributed by atoms with Crippen molar-refractivity contribution in [1.29, 1.82) is 0 Å². The Bertz CT molecular complexity index is 873. The Labute approximate surface area is 241 Å². The van der Waals surface area contributed by atoms with E-state index >= 15 is 0 Å². The maximum atomic E-state index is 13.3. The van der Waals surface area contributed by atoms with Crippen molar-refractivity contribution in [2.24, 2.45) is 17.3 Å². The second-order valence-corrected chi connectivity index (χ2v) is 12.5. The molecule has 7 heteroatoms. The first-order chi connectivity index (χ1) is 19.2. The molecule has 0 aromatic heterocycles. The molecule has 2 aliphatic heterocycles. The molecule has 6 atom stereocenters. The molecule has 0 radical (unpaired) electrons. The third-order valence-corrected chi connectivity index (χ3v) is 8.24. The van der Waals surface area contributed by atoms with Gasteiger partial charge in [-0.3, -0.25) is 9.59 Å². The van der Waals surface area contributed by atoms with Crippen molar-refractivity contribution in [3.63, 3.8) is 0 Å². The summed E-state index contributed by atoms with van der Waals surface area (Å²) in [5, 5.41) is 8.88. The first-order valence-corrected chi connectivity index (χ1v) is 15.4. The average molecular weight is 561 g/mol. The smallest absolute Gasteiger partial charge is 0.303 e. The number of carboxylic acid groups (broad SMARTS) is 1. The summed E-state index contributed by atoms with van der Waals surface area (Å²) in [7, 11) is 0. The van der Waals surface area contributed by atoms with E-state index in [9.17, 15) is 9.59 Å². The second kappa shape index (κ2) is 16.6. The van der Waals surface area contributed by atoms with E-state index in [4.69, 9.17) is 24.1 Å². The lowest BCUT2D eigenvalue weighted by Crippen LogP contribution is -2.36. The first kappa shape index (κ1) is 32.7. The average Bonchev–Trinajstić information content (AvgIpc) is 3.21. The number of Topliss-reactive ketones (excluding diaryl/α,β-unsaturated/α-hetero) is 1. The third kappa shape index (κ3) is 10.9. The van der Waals surface area contributed by atoms with Crippen LogP contribution in [0.2, 0.25) is 0 Å². The largest absolute Gasteiger partial charge is 0.481 e. The van der Waals surface area contributed by atoms with Crippen molar-refractivity contribution >= 4 is 11.8 Å². The van der Waals surface area contributed by atoms with E-state index < -0.39 is 5.97 Å². The van der Waals surface area contributed by atoms with Gasteiger partial charge < -0.3 is 24.1 Å². The summed E-state index contributed by atoms with van der Waals surface area (Å²) in [6, 6.07) is 0. The Morgan fingerprint density at radius 2 is 1.77 bits per heavy atom. The molecule has 3 fully saturated rings. The minimum absolute atomic E-state index is 0.0840. The lowest BCUT2D eigenvalue weighted by atomic mass is 9.81. The van der Waals surface area contributed by atoms with E-state index in [-0.39, 0.29) is 54.2 Å². The SMILES string of the molecule is CC(C)=CCC(C)(C)[C@H](/C=C/[C@H]1[C@H](OC2CCCCO2)CC(=O)[C@@H]1C/C=C\CCCC(=O)O)OC1CCCCO1. The highest BCUT2D eigenvalue weighted by atomic mass is 16.7. The lowest BCUT2D eigenvalue weighted by Gasteiger charge is -2.36. The van der Waals surface area contributed by atoms with Crippen LogP contribution in [-0.4, -0.2) is 54.9 Å². The van der Waals surface area contributed by atoms with Gasteiger partial charge in [0.25, 0.3) is 0 Å². The standard InChI is InChI=1S/C33H52O7/c1-24(2)19-20-33(3,4)29(40-32-16-10-12-22-38-32)18-17-26-25(13-7-5-6-8-14-30(35)36)27(34)23-28(26)39-31-15-9-11-21-37-31/h5,7,17-19,25-26,28-29,31-32H,6,8-16,20-23H2,1-4H3,(H,35,36)/b7-5-,18-17+/t25-,26-,28-,29+,31?,32?/m1/s1. The normalized spacial score (nSPS) is 28.8. The highest BCUT2D eigenvalue weighted by Crippen LogP contribution is 2.39. The van der Waals surface area contributed by atoms with Crippen molar-refractivity contribution in [3.8, 4) is 0 Å². The molecule has 0 aromatic carbocycles. The van der Waals surface area contributed by atoms with Crippen molar-refractivity contribution < 1.29 is 33.6 Å². The van der Waals surface area contributed by atoms with E-state index in [1.807, 2.05) is 12.2 Å². The number of aliphatic carboxylic acids is 1. The summed E-state index contributed by atoms with van der Waals surface area (Å²) in [6.45, 7) is 10.1. The zero-order chi connectivity index (χ0) is 29.0. The molecule has 1 saturated carbocycles. The van der Waals surface area contributed by atoms with Crippen LogP contribution >= 0.6 is 0 Å². The fraction of sp³-hybridized carbons (Fsp3) is 0.758. The predicted octanol–water partition coefficient (Wildman–Crippen LogP) is 7.16. The number of ether oxygens (including phenoxy) is 4.